The van der Waals surface area contributed by atoms with Crippen molar-refractivity contribution in [3.63, 3.8) is 0 Å². The lowest BCUT2D eigenvalue weighted by atomic mass is 10.0. The highest BCUT2D eigenvalue weighted by molar-refractivity contribution is 5.85. The van der Waals surface area contributed by atoms with Gasteiger partial charge in [-0.15, -0.1) is 0 Å². The number of alkyl carbamates (subject to hydrolysis) is 1. The molecule has 0 aliphatic rings. The lowest BCUT2D eigenvalue weighted by Crippen LogP contribution is -2.49. The van der Waals surface area contributed by atoms with Crippen LogP contribution in [-0.2, 0) is 22.4 Å². The number of nitrogens with zero attached hydrogens (tertiary/aromatic N) is 1. The van der Waals surface area contributed by atoms with Gasteiger partial charge in [-0.05, 0) is 83.4 Å². The zero-order chi connectivity index (χ0) is 25.4. The van der Waals surface area contributed by atoms with Gasteiger partial charge in [-0.1, -0.05) is 24.3 Å². The molecule has 0 radical (unpaired) electrons. The molecule has 192 valence electrons. The number of amides is 2. The molecule has 2 amide bonds. The Balaban J connectivity index is 2.62. The first-order chi connectivity index (χ1) is 16.2. The van der Waals surface area contributed by atoms with Crippen LogP contribution in [0.2, 0.25) is 0 Å². The summed E-state index contributed by atoms with van der Waals surface area (Å²) in [6.45, 7) is 7.45. The van der Waals surface area contributed by atoms with Gasteiger partial charge in [0.05, 0.1) is 0 Å². The van der Waals surface area contributed by atoms with E-state index in [9.17, 15) is 9.59 Å². The summed E-state index contributed by atoms with van der Waals surface area (Å²) in [5, 5.41) is 21.8. The summed E-state index contributed by atoms with van der Waals surface area (Å²) in [7, 11) is 1.76. The van der Waals surface area contributed by atoms with E-state index in [1.807, 2.05) is 0 Å². The van der Waals surface area contributed by atoms with Crippen molar-refractivity contribution in [1.29, 1.82) is 5.41 Å². The Morgan fingerprint density at radius 3 is 2.32 bits per heavy atom. The van der Waals surface area contributed by atoms with Gasteiger partial charge in [0.2, 0.25) is 5.91 Å². The molecule has 8 nitrogen and oxygen atoms in total. The van der Waals surface area contributed by atoms with Crippen LogP contribution < -0.4 is 10.6 Å². The first kappa shape index (κ1) is 29.6. The first-order valence-corrected chi connectivity index (χ1v) is 12.3. The average Bonchev–Trinajstić information content (AvgIpc) is 2.78. The number of likely N-dealkylation sites (N-methyl/N-ethyl adjacent to an activating group) is 1. The smallest absolute Gasteiger partial charge is 0.408 e. The van der Waals surface area contributed by atoms with Crippen LogP contribution in [0.5, 0.6) is 0 Å². The second-order valence-electron chi connectivity index (χ2n) is 9.61. The lowest BCUT2D eigenvalue weighted by Gasteiger charge is -2.26. The van der Waals surface area contributed by atoms with Crippen LogP contribution >= 0.6 is 0 Å². The van der Waals surface area contributed by atoms with E-state index in [0.717, 1.165) is 50.6 Å². The summed E-state index contributed by atoms with van der Waals surface area (Å²) in [6.07, 6.45) is 6.33. The maximum Gasteiger partial charge on any atom is 0.408 e. The van der Waals surface area contributed by atoms with Crippen molar-refractivity contribution >= 4 is 18.2 Å². The molecule has 0 saturated carbocycles. The molecule has 0 aromatic heterocycles. The second-order valence-corrected chi connectivity index (χ2v) is 9.61. The fourth-order valence-electron chi connectivity index (χ4n) is 3.47. The molecule has 34 heavy (non-hydrogen) atoms. The summed E-state index contributed by atoms with van der Waals surface area (Å²) in [5.74, 6) is -0.126. The van der Waals surface area contributed by atoms with Crippen molar-refractivity contribution in [3.8, 4) is 0 Å². The minimum absolute atomic E-state index is 0.126. The maximum atomic E-state index is 13.1. The van der Waals surface area contributed by atoms with Gasteiger partial charge < -0.3 is 30.8 Å². The first-order valence-electron chi connectivity index (χ1n) is 12.3. The summed E-state index contributed by atoms with van der Waals surface area (Å²) < 4.78 is 5.36. The van der Waals surface area contributed by atoms with Crippen molar-refractivity contribution in [1.82, 2.24) is 15.5 Å². The number of rotatable bonds is 16. The third-order valence-electron chi connectivity index (χ3n) is 5.34. The molecule has 0 aliphatic heterocycles. The topological polar surface area (TPSA) is 115 Å². The van der Waals surface area contributed by atoms with Gasteiger partial charge >= 0.3 is 6.09 Å². The van der Waals surface area contributed by atoms with Crippen molar-refractivity contribution < 1.29 is 19.4 Å². The Morgan fingerprint density at radius 2 is 1.74 bits per heavy atom. The van der Waals surface area contributed by atoms with Crippen LogP contribution in [0.4, 0.5) is 4.79 Å². The minimum Gasteiger partial charge on any atom is -0.444 e. The molecule has 4 N–H and O–H groups in total. The van der Waals surface area contributed by atoms with Crippen LogP contribution in [0.15, 0.2) is 24.3 Å². The molecule has 1 aromatic carbocycles. The van der Waals surface area contributed by atoms with Crippen molar-refractivity contribution in [2.45, 2.75) is 77.4 Å². The molecule has 0 saturated heterocycles. The predicted molar refractivity (Wildman–Crippen MR) is 136 cm³/mol. The number of aliphatic hydroxyl groups is 1. The number of aliphatic hydroxyl groups excluding tert-OH is 1. The van der Waals surface area contributed by atoms with Gasteiger partial charge in [0, 0.05) is 33.0 Å². The molecule has 1 aromatic rings. The van der Waals surface area contributed by atoms with Crippen LogP contribution in [0.3, 0.4) is 0 Å². The van der Waals surface area contributed by atoms with E-state index in [0.29, 0.717) is 19.5 Å². The third-order valence-corrected chi connectivity index (χ3v) is 5.34. The predicted octanol–water partition coefficient (Wildman–Crippen LogP) is 3.31. The van der Waals surface area contributed by atoms with Gasteiger partial charge in [0.1, 0.15) is 11.6 Å². The van der Waals surface area contributed by atoms with Gasteiger partial charge in [-0.2, -0.15) is 0 Å². The molecule has 1 unspecified atom stereocenters. The fraction of sp³-hybridized carbons (Fsp3) is 0.654. The van der Waals surface area contributed by atoms with E-state index in [1.54, 1.807) is 32.7 Å². The van der Waals surface area contributed by atoms with Gasteiger partial charge in [-0.25, -0.2) is 4.79 Å². The Morgan fingerprint density at radius 1 is 1.09 bits per heavy atom. The third kappa shape index (κ3) is 13.3. The summed E-state index contributed by atoms with van der Waals surface area (Å²) in [4.78, 5) is 27.1. The zero-order valence-corrected chi connectivity index (χ0v) is 21.4. The van der Waals surface area contributed by atoms with E-state index in [2.05, 4.69) is 34.9 Å². The molecule has 1 rings (SSSR count). The molecule has 0 heterocycles. The number of nitrogens with one attached hydrogen (secondary N) is 3. The summed E-state index contributed by atoms with van der Waals surface area (Å²) in [6, 6.07) is 7.74. The van der Waals surface area contributed by atoms with Gasteiger partial charge in [0.25, 0.3) is 0 Å². The van der Waals surface area contributed by atoms with Crippen LogP contribution in [-0.4, -0.2) is 73.2 Å². The fourth-order valence-corrected chi connectivity index (χ4v) is 3.47. The van der Waals surface area contributed by atoms with Crippen LogP contribution in [0, 0.1) is 5.41 Å². The molecular formula is C26H44N4O4. The lowest BCUT2D eigenvalue weighted by molar-refractivity contribution is -0.132. The number of aryl methyl sites for hydroxylation is 1. The molecule has 0 fully saturated rings. The largest absolute Gasteiger partial charge is 0.444 e. The van der Waals surface area contributed by atoms with Gasteiger partial charge in [-0.3, -0.25) is 4.79 Å². The van der Waals surface area contributed by atoms with Crippen LogP contribution in [0.25, 0.3) is 0 Å². The number of unbranched alkanes of at least 4 members (excludes halogenated alkanes) is 2. The van der Waals surface area contributed by atoms with E-state index in [4.69, 9.17) is 15.3 Å². The quantitative estimate of drug-likeness (QED) is 0.216. The van der Waals surface area contributed by atoms with E-state index >= 15 is 0 Å². The molecule has 8 heteroatoms. The van der Waals surface area contributed by atoms with Crippen LogP contribution in [0.1, 0.15) is 64.0 Å². The Labute approximate surface area is 205 Å². The number of ether oxygens (including phenoxy) is 1. The number of benzene rings is 1. The number of carbonyl (C=O) groups excluding carboxylic acids is 2. The average molecular weight is 477 g/mol. The SMILES string of the molecule is CN(CCc1ccc(CCCCO)cc1)C(=O)C(CCCCNCC=N)NC(=O)OC(C)(C)C. The molecular weight excluding hydrogens is 432 g/mol. The zero-order valence-electron chi connectivity index (χ0n) is 21.4. The Bertz CT molecular complexity index is 731. The molecule has 1 atom stereocenters. The van der Waals surface area contributed by atoms with E-state index < -0.39 is 17.7 Å². The summed E-state index contributed by atoms with van der Waals surface area (Å²) >= 11 is 0. The monoisotopic (exact) mass is 476 g/mol. The Kier molecular flexibility index (Phi) is 14.1. The van der Waals surface area contributed by atoms with E-state index in [-0.39, 0.29) is 12.5 Å². The van der Waals surface area contributed by atoms with Gasteiger partial charge in [0.15, 0.2) is 0 Å². The second kappa shape index (κ2) is 16.2. The van der Waals surface area contributed by atoms with Crippen molar-refractivity contribution in [3.05, 3.63) is 35.4 Å². The summed E-state index contributed by atoms with van der Waals surface area (Å²) in [5.41, 5.74) is 1.77. The molecule has 0 aliphatic carbocycles. The highest BCUT2D eigenvalue weighted by atomic mass is 16.6. The number of hydrogen-bond donors (Lipinski definition) is 4. The number of hydrogen-bond acceptors (Lipinski definition) is 6. The minimum atomic E-state index is -0.642. The van der Waals surface area contributed by atoms with Crippen molar-refractivity contribution in [2.24, 2.45) is 0 Å². The molecule has 0 bridgehead atoms. The van der Waals surface area contributed by atoms with Crippen molar-refractivity contribution in [2.75, 3.05) is 33.3 Å². The normalized spacial score (nSPS) is 12.1. The highest BCUT2D eigenvalue weighted by Crippen LogP contribution is 2.12. The maximum absolute atomic E-state index is 13.1. The standard InChI is InChI=1S/C26H44N4O4/c1-26(2,3)34-25(33)29-23(10-5-7-17-28-18-16-27)24(32)30(4)19-15-22-13-11-21(12-14-22)9-6-8-20-31/h11-14,16,23,27-28,31H,5-10,15,17-20H2,1-4H3,(H,29,33). The van der Waals surface area contributed by atoms with E-state index in [1.165, 1.54) is 11.8 Å². The molecule has 0 spiro atoms. The highest BCUT2D eigenvalue weighted by Gasteiger charge is 2.26. The number of carbonyl (C=O) groups is 2. The Hall–Kier alpha value is -2.45.